The zero-order valence-corrected chi connectivity index (χ0v) is 16.7. The molecule has 0 spiro atoms. The number of piperidine rings is 1. The first kappa shape index (κ1) is 20.7. The van der Waals surface area contributed by atoms with E-state index in [1.807, 2.05) is 6.92 Å². The van der Waals surface area contributed by atoms with Gasteiger partial charge >= 0.3 is 6.03 Å². The van der Waals surface area contributed by atoms with E-state index >= 15 is 0 Å². The number of carbonyl (C=O) groups excluding carboxylic acids is 2. The molecule has 2 heterocycles. The number of urea groups is 1. The fraction of sp³-hybridized carbons (Fsp3) is 0.381. The van der Waals surface area contributed by atoms with E-state index < -0.39 is 11.8 Å². The molecule has 1 fully saturated rings. The molecule has 1 aliphatic heterocycles. The van der Waals surface area contributed by atoms with Crippen LogP contribution in [0.1, 0.15) is 24.1 Å². The van der Waals surface area contributed by atoms with Gasteiger partial charge in [0.25, 0.3) is 0 Å². The molecule has 0 saturated carbocycles. The quantitative estimate of drug-likeness (QED) is 0.721. The number of nitrogens with zero attached hydrogens (tertiary/aromatic N) is 2. The molecule has 1 aromatic heterocycles. The Morgan fingerprint density at radius 2 is 1.86 bits per heavy atom. The van der Waals surface area contributed by atoms with Gasteiger partial charge in [-0.25, -0.2) is 9.18 Å². The summed E-state index contributed by atoms with van der Waals surface area (Å²) in [5.74, 6) is -0.285. The van der Waals surface area contributed by atoms with Crippen molar-refractivity contribution >= 4 is 23.3 Å². The number of rotatable bonds is 5. The van der Waals surface area contributed by atoms with Crippen LogP contribution in [0.2, 0.25) is 0 Å². The molecule has 0 bridgehead atoms. The number of pyridine rings is 1. The summed E-state index contributed by atoms with van der Waals surface area (Å²) < 4.78 is 14.1. The molecular formula is C21H26FN5O2. The molecule has 2 aromatic rings. The van der Waals surface area contributed by atoms with Gasteiger partial charge in [-0.05, 0) is 68.8 Å². The van der Waals surface area contributed by atoms with Crippen molar-refractivity contribution in [1.29, 1.82) is 0 Å². The van der Waals surface area contributed by atoms with E-state index in [-0.39, 0.29) is 11.8 Å². The third kappa shape index (κ3) is 5.99. The van der Waals surface area contributed by atoms with Crippen molar-refractivity contribution in [2.45, 2.75) is 26.3 Å². The predicted molar refractivity (Wildman–Crippen MR) is 110 cm³/mol. The molecule has 0 atom stereocenters. The molecule has 3 N–H and O–H groups in total. The summed E-state index contributed by atoms with van der Waals surface area (Å²) >= 11 is 0. The molecule has 7 nitrogen and oxygen atoms in total. The van der Waals surface area contributed by atoms with E-state index in [9.17, 15) is 14.0 Å². The second-order valence-corrected chi connectivity index (χ2v) is 7.28. The summed E-state index contributed by atoms with van der Waals surface area (Å²) in [5.41, 5.74) is 2.57. The second-order valence-electron chi connectivity index (χ2n) is 7.28. The average Bonchev–Trinajstić information content (AvgIpc) is 2.69. The van der Waals surface area contributed by atoms with Crippen molar-refractivity contribution in [2.75, 3.05) is 30.8 Å². The molecule has 0 radical (unpaired) electrons. The lowest BCUT2D eigenvalue weighted by Gasteiger charge is -2.31. The van der Waals surface area contributed by atoms with Gasteiger partial charge in [0.05, 0.1) is 11.9 Å². The number of carbonyl (C=O) groups is 2. The fourth-order valence-corrected chi connectivity index (χ4v) is 3.46. The summed E-state index contributed by atoms with van der Waals surface area (Å²) in [6, 6.07) is 7.61. The Bertz CT molecular complexity index is 864. The van der Waals surface area contributed by atoms with Gasteiger partial charge in [-0.3, -0.25) is 14.7 Å². The Hall–Kier alpha value is -3.00. The molecule has 8 heteroatoms. The summed E-state index contributed by atoms with van der Waals surface area (Å²) in [6.07, 6.45) is 3.13. The molecule has 0 unspecified atom stereocenters. The van der Waals surface area contributed by atoms with Crippen molar-refractivity contribution in [2.24, 2.45) is 5.92 Å². The average molecular weight is 399 g/mol. The Morgan fingerprint density at radius 1 is 1.14 bits per heavy atom. The summed E-state index contributed by atoms with van der Waals surface area (Å²) in [4.78, 5) is 30.2. The highest BCUT2D eigenvalue weighted by atomic mass is 19.1. The summed E-state index contributed by atoms with van der Waals surface area (Å²) in [6.45, 7) is 3.98. The number of aryl methyl sites for hydroxylation is 1. The van der Waals surface area contributed by atoms with Gasteiger partial charge in [-0.1, -0.05) is 0 Å². The molecule has 3 rings (SSSR count). The minimum atomic E-state index is -0.460. The number of hydrogen-bond donors (Lipinski definition) is 3. The Balaban J connectivity index is 1.57. The maximum atomic E-state index is 14.1. The van der Waals surface area contributed by atoms with Gasteiger partial charge in [0.1, 0.15) is 5.82 Å². The molecule has 0 aliphatic carbocycles. The van der Waals surface area contributed by atoms with Gasteiger partial charge in [-0.15, -0.1) is 0 Å². The zero-order valence-electron chi connectivity index (χ0n) is 16.7. The fourth-order valence-electron chi connectivity index (χ4n) is 3.46. The van der Waals surface area contributed by atoms with Crippen LogP contribution in [-0.2, 0) is 11.3 Å². The smallest absolute Gasteiger partial charge is 0.323 e. The number of hydrogen-bond acceptors (Lipinski definition) is 4. The first-order valence-electron chi connectivity index (χ1n) is 9.67. The number of anilines is 2. The van der Waals surface area contributed by atoms with E-state index in [0.29, 0.717) is 17.9 Å². The van der Waals surface area contributed by atoms with Gasteiger partial charge in [0.15, 0.2) is 0 Å². The number of aromatic nitrogens is 1. The third-order valence-corrected chi connectivity index (χ3v) is 5.00. The number of likely N-dealkylation sites (tertiary alicyclic amines) is 1. The van der Waals surface area contributed by atoms with Crippen LogP contribution in [0.3, 0.4) is 0 Å². The Morgan fingerprint density at radius 3 is 2.52 bits per heavy atom. The topological polar surface area (TPSA) is 86.4 Å². The van der Waals surface area contributed by atoms with Crippen molar-refractivity contribution in [3.05, 3.63) is 53.6 Å². The first-order chi connectivity index (χ1) is 13.9. The third-order valence-electron chi connectivity index (χ3n) is 5.00. The molecule has 154 valence electrons. The van der Waals surface area contributed by atoms with Crippen LogP contribution in [0.5, 0.6) is 0 Å². The van der Waals surface area contributed by atoms with Crippen LogP contribution in [0.15, 0.2) is 36.5 Å². The molecule has 1 saturated heterocycles. The lowest BCUT2D eigenvalue weighted by molar-refractivity contribution is -0.125. The van der Waals surface area contributed by atoms with Crippen molar-refractivity contribution in [1.82, 2.24) is 15.2 Å². The number of nitrogens with one attached hydrogen (secondary N) is 3. The first-order valence-corrected chi connectivity index (χ1v) is 9.67. The minimum absolute atomic E-state index is 0.0425. The van der Waals surface area contributed by atoms with Crippen molar-refractivity contribution in [3.63, 3.8) is 0 Å². The normalized spacial score (nSPS) is 15.0. The number of halogens is 1. The van der Waals surface area contributed by atoms with Crippen LogP contribution >= 0.6 is 0 Å². The molecule has 3 amide bonds. The second kappa shape index (κ2) is 9.47. The lowest BCUT2D eigenvalue weighted by Crippen LogP contribution is -2.39. The molecule has 29 heavy (non-hydrogen) atoms. The van der Waals surface area contributed by atoms with Gasteiger partial charge in [0.2, 0.25) is 5.91 Å². The molecular weight excluding hydrogens is 373 g/mol. The number of amides is 3. The summed E-state index contributed by atoms with van der Waals surface area (Å²) in [5, 5.41) is 8.03. The maximum absolute atomic E-state index is 14.1. The van der Waals surface area contributed by atoms with E-state index in [2.05, 4.69) is 25.8 Å². The predicted octanol–water partition coefficient (Wildman–Crippen LogP) is 3.13. The standard InChI is InChI=1S/C21H26FN5O2/c1-14-3-4-18(12-24-14)25-21(29)26-19-10-15(9-17(22)11-19)13-27-7-5-16(6-8-27)20(28)23-2/h3-4,9-12,16H,5-8,13H2,1-2H3,(H,23,28)(H2,25,26,29). The van der Waals surface area contributed by atoms with E-state index in [4.69, 9.17) is 0 Å². The highest BCUT2D eigenvalue weighted by molar-refractivity contribution is 5.99. The number of benzene rings is 1. The van der Waals surface area contributed by atoms with Crippen molar-refractivity contribution in [3.8, 4) is 0 Å². The maximum Gasteiger partial charge on any atom is 0.323 e. The Labute approximate surface area is 169 Å². The van der Waals surface area contributed by atoms with Crippen LogP contribution in [0.4, 0.5) is 20.6 Å². The highest BCUT2D eigenvalue weighted by Gasteiger charge is 2.24. The van der Waals surface area contributed by atoms with Crippen LogP contribution in [0, 0.1) is 18.7 Å². The van der Waals surface area contributed by atoms with Crippen molar-refractivity contribution < 1.29 is 14.0 Å². The van der Waals surface area contributed by atoms with Gasteiger partial charge in [0, 0.05) is 30.9 Å². The zero-order chi connectivity index (χ0) is 20.8. The van der Waals surface area contributed by atoms with E-state index in [1.54, 1.807) is 31.4 Å². The highest BCUT2D eigenvalue weighted by Crippen LogP contribution is 2.21. The lowest BCUT2D eigenvalue weighted by atomic mass is 9.95. The van der Waals surface area contributed by atoms with Gasteiger partial charge in [-0.2, -0.15) is 0 Å². The minimum Gasteiger partial charge on any atom is -0.359 e. The van der Waals surface area contributed by atoms with Crippen LogP contribution in [0.25, 0.3) is 0 Å². The largest absolute Gasteiger partial charge is 0.359 e. The van der Waals surface area contributed by atoms with E-state index in [0.717, 1.165) is 37.2 Å². The SMILES string of the molecule is CNC(=O)C1CCN(Cc2cc(F)cc(NC(=O)Nc3ccc(C)nc3)c2)CC1. The van der Waals surface area contributed by atoms with Gasteiger partial charge < -0.3 is 16.0 Å². The molecule has 1 aromatic carbocycles. The van der Waals surface area contributed by atoms with Crippen LogP contribution < -0.4 is 16.0 Å². The van der Waals surface area contributed by atoms with Crippen LogP contribution in [-0.4, -0.2) is 42.0 Å². The monoisotopic (exact) mass is 399 g/mol. The Kier molecular flexibility index (Phi) is 6.77. The summed E-state index contributed by atoms with van der Waals surface area (Å²) in [7, 11) is 1.65. The van der Waals surface area contributed by atoms with E-state index in [1.165, 1.54) is 12.1 Å². The molecule has 1 aliphatic rings.